The van der Waals surface area contributed by atoms with Gasteiger partial charge >= 0.3 is 0 Å². The van der Waals surface area contributed by atoms with Crippen LogP contribution in [0, 0.1) is 0 Å². The van der Waals surface area contributed by atoms with Crippen LogP contribution in [0.1, 0.15) is 18.4 Å². The average molecular weight is 270 g/mol. The summed E-state index contributed by atoms with van der Waals surface area (Å²) in [6, 6.07) is 10.1. The Morgan fingerprint density at radius 3 is 2.60 bits per heavy atom. The van der Waals surface area contributed by atoms with Crippen molar-refractivity contribution in [2.24, 2.45) is 0 Å². The standard InChI is InChI=1S/C16H18N2O2/c1-19-14-4-6-15(7-5-14)20-16-8-9-17-10-12(16)11-18-13-2-3-13/h4-10,13,18H,2-3,11H2,1H3. The van der Waals surface area contributed by atoms with Gasteiger partial charge in [-0.2, -0.15) is 0 Å². The summed E-state index contributed by atoms with van der Waals surface area (Å²) in [6.07, 6.45) is 6.15. The van der Waals surface area contributed by atoms with Gasteiger partial charge in [0.1, 0.15) is 17.2 Å². The molecule has 0 aliphatic heterocycles. The lowest BCUT2D eigenvalue weighted by atomic mass is 10.2. The third kappa shape index (κ3) is 3.27. The van der Waals surface area contributed by atoms with Gasteiger partial charge in [-0.1, -0.05) is 0 Å². The number of nitrogens with zero attached hydrogens (tertiary/aromatic N) is 1. The SMILES string of the molecule is COc1ccc(Oc2ccncc2CNC2CC2)cc1. The van der Waals surface area contributed by atoms with E-state index in [1.807, 2.05) is 36.5 Å². The first-order valence-electron chi connectivity index (χ1n) is 6.83. The van der Waals surface area contributed by atoms with Crippen molar-refractivity contribution in [3.05, 3.63) is 48.3 Å². The van der Waals surface area contributed by atoms with Crippen molar-refractivity contribution in [2.75, 3.05) is 7.11 Å². The van der Waals surface area contributed by atoms with E-state index in [-0.39, 0.29) is 0 Å². The van der Waals surface area contributed by atoms with Crippen LogP contribution < -0.4 is 14.8 Å². The van der Waals surface area contributed by atoms with E-state index in [0.717, 1.165) is 29.4 Å². The van der Waals surface area contributed by atoms with E-state index in [4.69, 9.17) is 9.47 Å². The quantitative estimate of drug-likeness (QED) is 0.875. The minimum atomic E-state index is 0.670. The fourth-order valence-electron chi connectivity index (χ4n) is 1.96. The maximum absolute atomic E-state index is 5.93. The average Bonchev–Trinajstić information content (AvgIpc) is 3.31. The minimum absolute atomic E-state index is 0.670. The Bertz CT molecular complexity index is 565. The van der Waals surface area contributed by atoms with Gasteiger partial charge < -0.3 is 14.8 Å². The fraction of sp³-hybridized carbons (Fsp3) is 0.312. The molecule has 0 saturated heterocycles. The van der Waals surface area contributed by atoms with Gasteiger partial charge in [0.25, 0.3) is 0 Å². The molecule has 0 spiro atoms. The molecule has 0 bridgehead atoms. The molecule has 2 aromatic rings. The Kier molecular flexibility index (Phi) is 3.83. The summed E-state index contributed by atoms with van der Waals surface area (Å²) in [5.41, 5.74) is 1.08. The maximum atomic E-state index is 5.93. The van der Waals surface area contributed by atoms with Gasteiger partial charge in [-0.25, -0.2) is 0 Å². The smallest absolute Gasteiger partial charge is 0.134 e. The Labute approximate surface area is 118 Å². The molecule has 1 fully saturated rings. The highest BCUT2D eigenvalue weighted by molar-refractivity contribution is 5.38. The summed E-state index contributed by atoms with van der Waals surface area (Å²) >= 11 is 0. The van der Waals surface area contributed by atoms with Gasteiger partial charge in [-0.15, -0.1) is 0 Å². The van der Waals surface area contributed by atoms with Crippen molar-refractivity contribution in [1.29, 1.82) is 0 Å². The van der Waals surface area contributed by atoms with E-state index in [1.54, 1.807) is 13.3 Å². The summed E-state index contributed by atoms with van der Waals surface area (Å²) in [5.74, 6) is 2.46. The van der Waals surface area contributed by atoms with E-state index < -0.39 is 0 Å². The largest absolute Gasteiger partial charge is 0.497 e. The van der Waals surface area contributed by atoms with Crippen LogP contribution in [-0.2, 0) is 6.54 Å². The van der Waals surface area contributed by atoms with E-state index in [0.29, 0.717) is 6.04 Å². The molecule has 0 unspecified atom stereocenters. The summed E-state index contributed by atoms with van der Waals surface area (Å²) in [7, 11) is 1.65. The molecule has 4 heteroatoms. The van der Waals surface area contributed by atoms with Crippen LogP contribution in [0.5, 0.6) is 17.2 Å². The number of nitrogens with one attached hydrogen (secondary N) is 1. The molecule has 4 nitrogen and oxygen atoms in total. The number of pyridine rings is 1. The fourth-order valence-corrected chi connectivity index (χ4v) is 1.96. The van der Waals surface area contributed by atoms with Crippen LogP contribution in [-0.4, -0.2) is 18.1 Å². The van der Waals surface area contributed by atoms with E-state index in [9.17, 15) is 0 Å². The molecule has 3 rings (SSSR count). The van der Waals surface area contributed by atoms with E-state index in [2.05, 4.69) is 10.3 Å². The zero-order valence-electron chi connectivity index (χ0n) is 11.5. The van der Waals surface area contributed by atoms with Gasteiger partial charge in [0, 0.05) is 30.5 Å². The molecule has 1 heterocycles. The first kappa shape index (κ1) is 12.9. The van der Waals surface area contributed by atoms with Gasteiger partial charge in [-0.3, -0.25) is 4.98 Å². The topological polar surface area (TPSA) is 43.4 Å². The minimum Gasteiger partial charge on any atom is -0.497 e. The second-order valence-corrected chi connectivity index (χ2v) is 4.92. The van der Waals surface area contributed by atoms with Crippen LogP contribution in [0.3, 0.4) is 0 Å². The van der Waals surface area contributed by atoms with Crippen molar-refractivity contribution < 1.29 is 9.47 Å². The molecular formula is C16H18N2O2. The molecule has 104 valence electrons. The molecule has 1 aliphatic rings. The molecule has 1 saturated carbocycles. The van der Waals surface area contributed by atoms with E-state index >= 15 is 0 Å². The van der Waals surface area contributed by atoms with Crippen molar-refractivity contribution in [1.82, 2.24) is 10.3 Å². The number of hydrogen-bond donors (Lipinski definition) is 1. The molecule has 0 amide bonds. The normalized spacial score (nSPS) is 14.1. The Morgan fingerprint density at radius 1 is 1.15 bits per heavy atom. The Balaban J connectivity index is 1.71. The highest BCUT2D eigenvalue weighted by Gasteiger charge is 2.20. The lowest BCUT2D eigenvalue weighted by molar-refractivity contribution is 0.412. The van der Waals surface area contributed by atoms with Crippen LogP contribution in [0.2, 0.25) is 0 Å². The van der Waals surface area contributed by atoms with Crippen molar-refractivity contribution in [3.8, 4) is 17.2 Å². The van der Waals surface area contributed by atoms with Crippen molar-refractivity contribution >= 4 is 0 Å². The highest BCUT2D eigenvalue weighted by atomic mass is 16.5. The molecule has 0 radical (unpaired) electrons. The van der Waals surface area contributed by atoms with Gasteiger partial charge in [0.05, 0.1) is 7.11 Å². The van der Waals surface area contributed by atoms with Crippen LogP contribution >= 0.6 is 0 Å². The number of rotatable bonds is 6. The zero-order chi connectivity index (χ0) is 13.8. The molecular weight excluding hydrogens is 252 g/mol. The first-order valence-corrected chi connectivity index (χ1v) is 6.83. The third-order valence-electron chi connectivity index (χ3n) is 3.30. The van der Waals surface area contributed by atoms with Crippen molar-refractivity contribution in [3.63, 3.8) is 0 Å². The number of hydrogen-bond acceptors (Lipinski definition) is 4. The maximum Gasteiger partial charge on any atom is 0.134 e. The number of ether oxygens (including phenoxy) is 2. The monoisotopic (exact) mass is 270 g/mol. The predicted octanol–water partition coefficient (Wildman–Crippen LogP) is 3.13. The van der Waals surface area contributed by atoms with Gasteiger partial charge in [-0.05, 0) is 43.2 Å². The highest BCUT2D eigenvalue weighted by Crippen LogP contribution is 2.27. The zero-order valence-corrected chi connectivity index (χ0v) is 11.5. The van der Waals surface area contributed by atoms with Crippen LogP contribution in [0.4, 0.5) is 0 Å². The lowest BCUT2D eigenvalue weighted by Crippen LogP contribution is -2.15. The Morgan fingerprint density at radius 2 is 1.90 bits per heavy atom. The molecule has 1 aromatic heterocycles. The van der Waals surface area contributed by atoms with Gasteiger partial charge in [0.2, 0.25) is 0 Å². The van der Waals surface area contributed by atoms with E-state index in [1.165, 1.54) is 12.8 Å². The molecule has 20 heavy (non-hydrogen) atoms. The summed E-state index contributed by atoms with van der Waals surface area (Å²) in [6.45, 7) is 0.796. The van der Waals surface area contributed by atoms with Gasteiger partial charge in [0.15, 0.2) is 0 Å². The summed E-state index contributed by atoms with van der Waals surface area (Å²) in [4.78, 5) is 4.17. The number of methoxy groups -OCH3 is 1. The first-order chi connectivity index (χ1) is 9.85. The molecule has 1 aliphatic carbocycles. The lowest BCUT2D eigenvalue weighted by Gasteiger charge is -2.11. The summed E-state index contributed by atoms with van der Waals surface area (Å²) < 4.78 is 11.1. The molecule has 1 N–H and O–H groups in total. The second kappa shape index (κ2) is 5.92. The second-order valence-electron chi connectivity index (χ2n) is 4.92. The molecule has 0 atom stereocenters. The molecule has 1 aromatic carbocycles. The van der Waals surface area contributed by atoms with Crippen molar-refractivity contribution in [2.45, 2.75) is 25.4 Å². The van der Waals surface area contributed by atoms with Crippen LogP contribution in [0.15, 0.2) is 42.7 Å². The number of aromatic nitrogens is 1. The third-order valence-corrected chi connectivity index (χ3v) is 3.30. The van der Waals surface area contributed by atoms with Crippen LogP contribution in [0.25, 0.3) is 0 Å². The predicted molar refractivity (Wildman–Crippen MR) is 77.2 cm³/mol. The number of benzene rings is 1. The summed E-state index contributed by atoms with van der Waals surface area (Å²) in [5, 5.41) is 3.48. The Hall–Kier alpha value is -2.07.